The minimum Gasteiger partial charge on any atom is -0.208 e. The molecule has 0 bridgehead atoms. The van der Waals surface area contributed by atoms with Crippen LogP contribution in [-0.2, 0) is 0 Å². The van der Waals surface area contributed by atoms with Gasteiger partial charge in [0.2, 0.25) is 0 Å². The molecular weight excluding hydrogens is 121 g/mol. The van der Waals surface area contributed by atoms with E-state index in [2.05, 4.69) is 18.2 Å². The van der Waals surface area contributed by atoms with E-state index in [0.717, 1.165) is 0 Å². The van der Waals surface area contributed by atoms with Crippen molar-refractivity contribution in [2.75, 3.05) is 0 Å². The molecule has 0 saturated heterocycles. The van der Waals surface area contributed by atoms with Crippen LogP contribution in [-0.4, -0.2) is 0 Å². The van der Waals surface area contributed by atoms with Gasteiger partial charge in [0.15, 0.2) is 5.29 Å². The number of hydrogen-bond donors (Lipinski definition) is 0. The van der Waals surface area contributed by atoms with Crippen LogP contribution in [0.15, 0.2) is 23.8 Å². The van der Waals surface area contributed by atoms with Crippen LogP contribution in [0.25, 0.3) is 0 Å². The summed E-state index contributed by atoms with van der Waals surface area (Å²) in [6.07, 6.45) is 0.488. The second kappa shape index (κ2) is 2.75. The first kappa shape index (κ1) is 6.63. The molecule has 0 atom stereocenters. The first-order valence-electron chi connectivity index (χ1n) is 1.50. The summed E-state index contributed by atoms with van der Waals surface area (Å²) < 4.78 is 22.6. The third-order valence-corrected chi connectivity index (χ3v) is 0.375. The number of hydrogen-bond acceptors (Lipinski definition) is 0. The van der Waals surface area contributed by atoms with Crippen molar-refractivity contribution in [3.05, 3.63) is 23.8 Å². The molecule has 0 aromatic carbocycles. The lowest BCUT2D eigenvalue weighted by Crippen LogP contribution is -1.57. The number of allylic oxidation sites excluding steroid dienone is 2. The summed E-state index contributed by atoms with van der Waals surface area (Å²) in [4.78, 5) is 0. The van der Waals surface area contributed by atoms with E-state index in [-0.39, 0.29) is 0 Å². The maximum absolute atomic E-state index is 11.4. The van der Waals surface area contributed by atoms with E-state index in [0.29, 0.717) is 6.08 Å². The minimum atomic E-state index is -1.09. The molecule has 0 nitrogen and oxygen atoms in total. The summed E-state index contributed by atoms with van der Waals surface area (Å²) in [7, 11) is 0. The maximum Gasteiger partial charge on any atom is 0.191 e. The fourth-order valence-corrected chi connectivity index (χ4v) is 0.237. The molecule has 0 aromatic rings. The summed E-state index contributed by atoms with van der Waals surface area (Å²) >= 11 is 4.57. The van der Waals surface area contributed by atoms with Crippen molar-refractivity contribution < 1.29 is 8.78 Å². The van der Waals surface area contributed by atoms with Gasteiger partial charge < -0.3 is 0 Å². The summed E-state index contributed by atoms with van der Waals surface area (Å²) in [6.45, 7) is 2.73. The normalized spacial score (nSPS) is 11.6. The molecule has 0 spiro atoms. The van der Waals surface area contributed by atoms with Crippen molar-refractivity contribution in [2.45, 2.75) is 0 Å². The van der Waals surface area contributed by atoms with Gasteiger partial charge in [-0.15, -0.1) is 0 Å². The first-order chi connectivity index (χ1) is 3.13. The Hall–Kier alpha value is -0.370. The van der Waals surface area contributed by atoms with Gasteiger partial charge >= 0.3 is 0 Å². The zero-order valence-corrected chi connectivity index (χ0v) is 4.17. The highest BCUT2D eigenvalue weighted by molar-refractivity contribution is 6.28. The van der Waals surface area contributed by atoms with Crippen LogP contribution in [0.1, 0.15) is 0 Å². The second-order valence-electron chi connectivity index (χ2n) is 0.881. The van der Waals surface area contributed by atoms with Crippen molar-refractivity contribution in [2.24, 2.45) is 0 Å². The fraction of sp³-hybridized carbons (Fsp3) is 0. The molecule has 40 valence electrons. The highest BCUT2D eigenvalue weighted by Gasteiger charge is 1.85. The van der Waals surface area contributed by atoms with Crippen LogP contribution in [0.5, 0.6) is 0 Å². The zero-order valence-electron chi connectivity index (χ0n) is 3.42. The first-order valence-corrected chi connectivity index (χ1v) is 1.88. The molecule has 0 saturated carbocycles. The molecule has 0 aliphatic rings. The van der Waals surface area contributed by atoms with Crippen LogP contribution >= 0.6 is 11.6 Å². The van der Waals surface area contributed by atoms with Gasteiger partial charge in [0.05, 0.1) is 0 Å². The Morgan fingerprint density at radius 2 is 2.00 bits per heavy atom. The van der Waals surface area contributed by atoms with Crippen molar-refractivity contribution in [1.82, 2.24) is 0 Å². The Bertz CT molecular complexity index is 102. The lowest BCUT2D eigenvalue weighted by Gasteiger charge is -1.75. The Labute approximate surface area is 45.1 Å². The fourth-order valence-electron chi connectivity index (χ4n) is 0.118. The van der Waals surface area contributed by atoms with Gasteiger partial charge in [-0.05, 0) is 0 Å². The van der Waals surface area contributed by atoms with E-state index in [4.69, 9.17) is 0 Å². The Balaban J connectivity index is 3.68. The lowest BCUT2D eigenvalue weighted by atomic mass is 10.6. The molecule has 0 aromatic heterocycles. The Morgan fingerprint density at radius 1 is 1.57 bits per heavy atom. The summed E-state index contributed by atoms with van der Waals surface area (Å²) in [6, 6.07) is 0. The quantitative estimate of drug-likeness (QED) is 0.471. The average molecular weight is 125 g/mol. The molecule has 0 rings (SSSR count). The third kappa shape index (κ3) is 5.63. The summed E-state index contributed by atoms with van der Waals surface area (Å²) in [5, 5.41) is -1.09. The topological polar surface area (TPSA) is 0 Å². The molecule has 0 N–H and O–H groups in total. The van der Waals surface area contributed by atoms with Crippen LogP contribution < -0.4 is 0 Å². The average Bonchev–Trinajstić information content (AvgIpc) is 1.27. The van der Waals surface area contributed by atoms with E-state index >= 15 is 0 Å². The van der Waals surface area contributed by atoms with E-state index in [1.165, 1.54) is 0 Å². The zero-order chi connectivity index (χ0) is 5.86. The molecule has 0 heterocycles. The second-order valence-corrected chi connectivity index (χ2v) is 1.24. The third-order valence-electron chi connectivity index (χ3n) is 0.266. The van der Waals surface area contributed by atoms with Gasteiger partial charge in [0, 0.05) is 6.08 Å². The minimum absolute atomic E-state index is 0.488. The van der Waals surface area contributed by atoms with Crippen LogP contribution in [0.4, 0.5) is 8.78 Å². The molecule has 3 heteroatoms. The largest absolute Gasteiger partial charge is 0.208 e. The molecular formula is C4H3ClF2. The standard InChI is InChI=1S/C4H3ClF2/c1-3(6)2-4(5)7/h2H,1H2. The van der Waals surface area contributed by atoms with Gasteiger partial charge in [-0.1, -0.05) is 18.2 Å². The molecule has 7 heavy (non-hydrogen) atoms. The monoisotopic (exact) mass is 124 g/mol. The molecule has 0 amide bonds. The number of rotatable bonds is 1. The van der Waals surface area contributed by atoms with Crippen molar-refractivity contribution in [1.29, 1.82) is 0 Å². The highest BCUT2D eigenvalue weighted by atomic mass is 35.5. The van der Waals surface area contributed by atoms with E-state index in [1.54, 1.807) is 0 Å². The number of halogens is 3. The molecule has 0 radical (unpaired) electrons. The van der Waals surface area contributed by atoms with E-state index in [1.807, 2.05) is 0 Å². The van der Waals surface area contributed by atoms with Crippen LogP contribution in [0.2, 0.25) is 0 Å². The predicted molar refractivity (Wildman–Crippen MR) is 25.3 cm³/mol. The summed E-state index contributed by atoms with van der Waals surface area (Å²) in [5.41, 5.74) is 0. The van der Waals surface area contributed by atoms with Crippen molar-refractivity contribution in [3.63, 3.8) is 0 Å². The molecule has 0 aliphatic carbocycles. The lowest BCUT2D eigenvalue weighted by molar-refractivity contribution is 0.647. The smallest absolute Gasteiger partial charge is 0.191 e. The van der Waals surface area contributed by atoms with Crippen LogP contribution in [0, 0.1) is 0 Å². The predicted octanol–water partition coefficient (Wildman–Crippen LogP) is 2.52. The molecule has 0 unspecified atom stereocenters. The van der Waals surface area contributed by atoms with Gasteiger partial charge in [0.25, 0.3) is 0 Å². The van der Waals surface area contributed by atoms with E-state index < -0.39 is 11.1 Å². The molecule has 0 aliphatic heterocycles. The van der Waals surface area contributed by atoms with Crippen molar-refractivity contribution >= 4 is 11.6 Å². The van der Waals surface area contributed by atoms with Crippen molar-refractivity contribution in [3.8, 4) is 0 Å². The summed E-state index contributed by atoms with van der Waals surface area (Å²) in [5.74, 6) is -0.882. The van der Waals surface area contributed by atoms with Gasteiger partial charge in [0.1, 0.15) is 5.83 Å². The molecule has 0 fully saturated rings. The maximum atomic E-state index is 11.4. The SMILES string of the molecule is C=C(F)C=C(F)Cl. The van der Waals surface area contributed by atoms with Gasteiger partial charge in [-0.2, -0.15) is 4.39 Å². The van der Waals surface area contributed by atoms with Gasteiger partial charge in [-0.25, -0.2) is 4.39 Å². The highest BCUT2D eigenvalue weighted by Crippen LogP contribution is 2.05. The van der Waals surface area contributed by atoms with Crippen LogP contribution in [0.3, 0.4) is 0 Å². The Morgan fingerprint density at radius 3 is 2.00 bits per heavy atom. The van der Waals surface area contributed by atoms with E-state index in [9.17, 15) is 8.78 Å². The van der Waals surface area contributed by atoms with Gasteiger partial charge in [-0.3, -0.25) is 0 Å². The Kier molecular flexibility index (Phi) is 2.60.